The second-order valence-corrected chi connectivity index (χ2v) is 7.33. The number of hydrogen-bond acceptors (Lipinski definition) is 3. The van der Waals surface area contributed by atoms with Crippen LogP contribution in [0.2, 0.25) is 0 Å². The summed E-state index contributed by atoms with van der Waals surface area (Å²) in [5, 5.41) is 12.3. The van der Waals surface area contributed by atoms with Crippen molar-refractivity contribution < 1.29 is 9.53 Å². The lowest BCUT2D eigenvalue weighted by molar-refractivity contribution is 0.0945. The molecular formula is C21H22N2O2. The Kier molecular flexibility index (Phi) is 4.50. The van der Waals surface area contributed by atoms with Gasteiger partial charge in [0.1, 0.15) is 11.8 Å². The molecule has 0 spiro atoms. The first-order valence-corrected chi connectivity index (χ1v) is 8.45. The van der Waals surface area contributed by atoms with Gasteiger partial charge in [0, 0.05) is 12.0 Å². The number of carbonyl (C=O) groups excluding carboxylic acids is 1. The van der Waals surface area contributed by atoms with Crippen LogP contribution in [0, 0.1) is 11.3 Å². The Morgan fingerprint density at radius 1 is 1.20 bits per heavy atom. The maximum absolute atomic E-state index is 12.5. The number of nitriles is 1. The average Bonchev–Trinajstić information content (AvgIpc) is 3.06. The molecular weight excluding hydrogens is 312 g/mol. The van der Waals surface area contributed by atoms with Gasteiger partial charge < -0.3 is 10.1 Å². The van der Waals surface area contributed by atoms with Gasteiger partial charge in [0.05, 0.1) is 12.7 Å². The Morgan fingerprint density at radius 3 is 2.56 bits per heavy atom. The molecule has 1 N–H and O–H groups in total. The van der Waals surface area contributed by atoms with Gasteiger partial charge in [0.2, 0.25) is 0 Å². The molecule has 2 aromatic rings. The fourth-order valence-electron chi connectivity index (χ4n) is 2.91. The number of amides is 1. The van der Waals surface area contributed by atoms with Crippen LogP contribution in [0.3, 0.4) is 0 Å². The predicted molar refractivity (Wildman–Crippen MR) is 96.6 cm³/mol. The second kappa shape index (κ2) is 6.60. The van der Waals surface area contributed by atoms with E-state index in [0.717, 1.165) is 23.3 Å². The fraction of sp³-hybridized carbons (Fsp3) is 0.333. The quantitative estimate of drug-likeness (QED) is 0.925. The van der Waals surface area contributed by atoms with Crippen LogP contribution < -0.4 is 10.1 Å². The first kappa shape index (κ1) is 17.0. The van der Waals surface area contributed by atoms with Crippen molar-refractivity contribution in [1.82, 2.24) is 5.32 Å². The van der Waals surface area contributed by atoms with Crippen molar-refractivity contribution in [1.29, 1.82) is 5.26 Å². The molecule has 1 heterocycles. The third-order valence-corrected chi connectivity index (χ3v) is 4.47. The lowest BCUT2D eigenvalue weighted by atomic mass is 9.86. The fourth-order valence-corrected chi connectivity index (χ4v) is 2.91. The molecule has 128 valence electrons. The highest BCUT2D eigenvalue weighted by atomic mass is 16.5. The number of nitrogens with one attached hydrogen (secondary N) is 1. The SMILES string of the molecule is CC(C)(C)c1ccc(C(C#N)NC(=O)c2ccc3c(c2)CCO3)cc1. The lowest BCUT2D eigenvalue weighted by Gasteiger charge is -2.20. The van der Waals surface area contributed by atoms with Crippen LogP contribution in [0.15, 0.2) is 42.5 Å². The Bertz CT molecular complexity index is 826. The van der Waals surface area contributed by atoms with Gasteiger partial charge in [-0.3, -0.25) is 4.79 Å². The van der Waals surface area contributed by atoms with Gasteiger partial charge in [-0.15, -0.1) is 0 Å². The van der Waals surface area contributed by atoms with E-state index in [1.54, 1.807) is 6.07 Å². The zero-order chi connectivity index (χ0) is 18.0. The Hall–Kier alpha value is -2.80. The predicted octanol–water partition coefficient (Wildman–Crippen LogP) is 3.91. The molecule has 2 aromatic carbocycles. The normalized spacial score (nSPS) is 14.2. The average molecular weight is 334 g/mol. The van der Waals surface area contributed by atoms with Crippen molar-refractivity contribution in [2.45, 2.75) is 38.6 Å². The summed E-state index contributed by atoms with van der Waals surface area (Å²) in [6.07, 6.45) is 0.812. The number of rotatable bonds is 3. The molecule has 1 amide bonds. The number of hydrogen-bond donors (Lipinski definition) is 1. The standard InChI is InChI=1S/C21H22N2O2/c1-21(2,3)17-7-4-14(5-8-17)18(13-22)23-20(24)16-6-9-19-15(12-16)10-11-25-19/h4-9,12,18H,10-11H2,1-3H3,(H,23,24). The van der Waals surface area contributed by atoms with E-state index in [-0.39, 0.29) is 11.3 Å². The van der Waals surface area contributed by atoms with Gasteiger partial charge in [-0.25, -0.2) is 0 Å². The van der Waals surface area contributed by atoms with Crippen LogP contribution in [0.5, 0.6) is 5.75 Å². The highest BCUT2D eigenvalue weighted by Gasteiger charge is 2.19. The van der Waals surface area contributed by atoms with Crippen molar-refractivity contribution in [2.75, 3.05) is 6.61 Å². The highest BCUT2D eigenvalue weighted by Crippen LogP contribution is 2.27. The molecule has 0 radical (unpaired) electrons. The van der Waals surface area contributed by atoms with Gasteiger partial charge in [-0.1, -0.05) is 45.0 Å². The minimum atomic E-state index is -0.675. The van der Waals surface area contributed by atoms with Crippen molar-refractivity contribution in [3.05, 3.63) is 64.7 Å². The number of fused-ring (bicyclic) bond motifs is 1. The number of nitrogens with zero attached hydrogens (tertiary/aromatic N) is 1. The number of carbonyl (C=O) groups is 1. The van der Waals surface area contributed by atoms with Crippen LogP contribution in [0.1, 0.15) is 53.9 Å². The molecule has 0 saturated heterocycles. The zero-order valence-electron chi connectivity index (χ0n) is 14.8. The molecule has 4 nitrogen and oxygen atoms in total. The summed E-state index contributed by atoms with van der Waals surface area (Å²) >= 11 is 0. The molecule has 0 aliphatic carbocycles. The molecule has 25 heavy (non-hydrogen) atoms. The molecule has 0 fully saturated rings. The molecule has 4 heteroatoms. The number of benzene rings is 2. The summed E-state index contributed by atoms with van der Waals surface area (Å²) in [4.78, 5) is 12.5. The Labute approximate surface area is 148 Å². The van der Waals surface area contributed by atoms with E-state index in [4.69, 9.17) is 4.74 Å². The number of ether oxygens (including phenoxy) is 1. The summed E-state index contributed by atoms with van der Waals surface area (Å²) in [6.45, 7) is 7.08. The molecule has 0 saturated carbocycles. The third-order valence-electron chi connectivity index (χ3n) is 4.47. The van der Waals surface area contributed by atoms with Crippen molar-refractivity contribution >= 4 is 5.91 Å². The molecule has 1 atom stereocenters. The summed E-state index contributed by atoms with van der Waals surface area (Å²) in [6, 6.07) is 14.7. The molecule has 3 rings (SSSR count). The van der Waals surface area contributed by atoms with Gasteiger partial charge in [-0.05, 0) is 40.3 Å². The van der Waals surface area contributed by atoms with E-state index in [9.17, 15) is 10.1 Å². The topological polar surface area (TPSA) is 62.1 Å². The van der Waals surface area contributed by atoms with Gasteiger partial charge >= 0.3 is 0 Å². The molecule has 1 unspecified atom stereocenters. The van der Waals surface area contributed by atoms with E-state index in [2.05, 4.69) is 32.2 Å². The van der Waals surface area contributed by atoms with Gasteiger partial charge in [-0.2, -0.15) is 5.26 Å². The van der Waals surface area contributed by atoms with E-state index in [1.165, 1.54) is 5.56 Å². The van der Waals surface area contributed by atoms with Crippen LogP contribution >= 0.6 is 0 Å². The minimum absolute atomic E-state index is 0.0520. The maximum Gasteiger partial charge on any atom is 0.252 e. The van der Waals surface area contributed by atoms with Crippen LogP contribution in [-0.4, -0.2) is 12.5 Å². The first-order chi connectivity index (χ1) is 11.9. The third kappa shape index (κ3) is 3.66. The largest absolute Gasteiger partial charge is 0.493 e. The lowest BCUT2D eigenvalue weighted by Crippen LogP contribution is -2.27. The summed E-state index contributed by atoms with van der Waals surface area (Å²) in [7, 11) is 0. The first-order valence-electron chi connectivity index (χ1n) is 8.45. The molecule has 0 aromatic heterocycles. The summed E-state index contributed by atoms with van der Waals surface area (Å²) in [5.74, 6) is 0.590. The van der Waals surface area contributed by atoms with E-state index >= 15 is 0 Å². The minimum Gasteiger partial charge on any atom is -0.493 e. The van der Waals surface area contributed by atoms with Crippen molar-refractivity contribution in [2.24, 2.45) is 0 Å². The smallest absolute Gasteiger partial charge is 0.252 e. The summed E-state index contributed by atoms with van der Waals surface area (Å²) < 4.78 is 5.46. The monoisotopic (exact) mass is 334 g/mol. The summed E-state index contributed by atoms with van der Waals surface area (Å²) in [5.41, 5.74) is 3.62. The van der Waals surface area contributed by atoms with Crippen molar-refractivity contribution in [3.63, 3.8) is 0 Å². The Balaban J connectivity index is 1.76. The zero-order valence-corrected chi connectivity index (χ0v) is 14.8. The molecule has 0 bridgehead atoms. The van der Waals surface area contributed by atoms with Crippen LogP contribution in [0.4, 0.5) is 0 Å². The van der Waals surface area contributed by atoms with Crippen molar-refractivity contribution in [3.8, 4) is 11.8 Å². The Morgan fingerprint density at radius 2 is 1.92 bits per heavy atom. The van der Waals surface area contributed by atoms with E-state index < -0.39 is 6.04 Å². The second-order valence-electron chi connectivity index (χ2n) is 7.33. The van der Waals surface area contributed by atoms with E-state index in [1.807, 2.05) is 36.4 Å². The molecule has 1 aliphatic rings. The van der Waals surface area contributed by atoms with Crippen LogP contribution in [-0.2, 0) is 11.8 Å². The van der Waals surface area contributed by atoms with Crippen LogP contribution in [0.25, 0.3) is 0 Å². The van der Waals surface area contributed by atoms with Gasteiger partial charge in [0.15, 0.2) is 0 Å². The maximum atomic E-state index is 12.5. The van der Waals surface area contributed by atoms with E-state index in [0.29, 0.717) is 12.2 Å². The van der Waals surface area contributed by atoms with Gasteiger partial charge in [0.25, 0.3) is 5.91 Å². The highest BCUT2D eigenvalue weighted by molar-refractivity contribution is 5.95. The molecule has 1 aliphatic heterocycles.